The molecule has 0 amide bonds. The Morgan fingerprint density at radius 1 is 1.43 bits per heavy atom. The van der Waals surface area contributed by atoms with E-state index in [1.165, 1.54) is 11.3 Å². The number of aryl methyl sites for hydroxylation is 1. The van der Waals surface area contributed by atoms with Crippen molar-refractivity contribution in [3.63, 3.8) is 0 Å². The number of nitrogens with zero attached hydrogens (tertiary/aromatic N) is 1. The van der Waals surface area contributed by atoms with E-state index in [0.29, 0.717) is 0 Å². The Balaban J connectivity index is 2.99. The lowest BCUT2D eigenvalue weighted by Gasteiger charge is -2.18. The number of hydrogen-bond acceptors (Lipinski definition) is 2. The molecule has 0 aliphatic rings. The molecular weight excluding hydrogens is 171 g/mol. The molecule has 0 aromatic heterocycles. The molecular formula is C11H17BN2. The van der Waals surface area contributed by atoms with Gasteiger partial charge in [0.1, 0.15) is 0 Å². The topological polar surface area (TPSA) is 15.3 Å². The normalized spacial score (nSPS) is 10.5. The summed E-state index contributed by atoms with van der Waals surface area (Å²) >= 11 is 0. The zero-order valence-electron chi connectivity index (χ0n) is 9.33. The molecule has 0 unspecified atom stereocenters. The van der Waals surface area contributed by atoms with Crippen molar-refractivity contribution >= 4 is 19.4 Å². The van der Waals surface area contributed by atoms with Crippen LogP contribution in [0.2, 0.25) is 0 Å². The van der Waals surface area contributed by atoms with Crippen LogP contribution in [0, 0.1) is 6.92 Å². The lowest BCUT2D eigenvalue weighted by Crippen LogP contribution is -2.11. The Morgan fingerprint density at radius 2 is 2.14 bits per heavy atom. The van der Waals surface area contributed by atoms with Gasteiger partial charge in [0.25, 0.3) is 0 Å². The van der Waals surface area contributed by atoms with Crippen molar-refractivity contribution in [3.05, 3.63) is 36.0 Å². The predicted molar refractivity (Wildman–Crippen MR) is 66.6 cm³/mol. The molecule has 74 valence electrons. The van der Waals surface area contributed by atoms with Crippen LogP contribution in [-0.4, -0.2) is 15.0 Å². The first kappa shape index (κ1) is 10.7. The van der Waals surface area contributed by atoms with E-state index in [0.717, 1.165) is 5.69 Å². The fourth-order valence-corrected chi connectivity index (χ4v) is 1.51. The van der Waals surface area contributed by atoms with E-state index in [9.17, 15) is 0 Å². The molecule has 0 bridgehead atoms. The van der Waals surface area contributed by atoms with Crippen LogP contribution in [0.3, 0.4) is 0 Å². The largest absolute Gasteiger partial charge is 0.400 e. The van der Waals surface area contributed by atoms with Crippen LogP contribution in [0.5, 0.6) is 0 Å². The number of nitrogens with one attached hydrogen (secondary N) is 1. The van der Waals surface area contributed by atoms with Gasteiger partial charge in [-0.1, -0.05) is 6.08 Å². The summed E-state index contributed by atoms with van der Waals surface area (Å²) in [6.07, 6.45) is 4.09. The molecule has 2 nitrogen and oxygen atoms in total. The molecule has 0 heterocycles. The van der Waals surface area contributed by atoms with E-state index < -0.39 is 0 Å². The Kier molecular flexibility index (Phi) is 3.63. The van der Waals surface area contributed by atoms with Gasteiger partial charge in [0, 0.05) is 18.4 Å². The van der Waals surface area contributed by atoms with Crippen LogP contribution in [0.1, 0.15) is 12.5 Å². The average Bonchev–Trinajstić information content (AvgIpc) is 2.17. The molecule has 1 aromatic carbocycles. The van der Waals surface area contributed by atoms with Gasteiger partial charge in [-0.2, -0.15) is 0 Å². The van der Waals surface area contributed by atoms with Gasteiger partial charge in [0.15, 0.2) is 0 Å². The summed E-state index contributed by atoms with van der Waals surface area (Å²) in [5.74, 6) is 0. The molecule has 1 N–H and O–H groups in total. The average molecular weight is 188 g/mol. The molecule has 0 fully saturated rings. The van der Waals surface area contributed by atoms with Gasteiger partial charge < -0.3 is 10.1 Å². The summed E-state index contributed by atoms with van der Waals surface area (Å²) in [6.45, 7) is 4.14. The second kappa shape index (κ2) is 4.75. The van der Waals surface area contributed by atoms with Crippen LogP contribution in [-0.2, 0) is 0 Å². The predicted octanol–water partition coefficient (Wildman–Crippen LogP) is 1.92. The first-order valence-corrected chi connectivity index (χ1v) is 4.83. The summed E-state index contributed by atoms with van der Waals surface area (Å²) in [4.78, 5) is 2.12. The molecule has 0 saturated heterocycles. The SMILES string of the molecule is BN(/C=C\C)c1ccc(NC)cc1C. The first-order chi connectivity index (χ1) is 6.69. The number of anilines is 2. The van der Waals surface area contributed by atoms with E-state index >= 15 is 0 Å². The third kappa shape index (κ3) is 2.31. The molecule has 1 rings (SSSR count). The number of benzene rings is 1. The number of rotatable bonds is 3. The molecule has 0 atom stereocenters. The second-order valence-electron chi connectivity index (χ2n) is 3.34. The molecule has 3 heteroatoms. The minimum atomic E-state index is 1.15. The maximum absolute atomic E-state index is 3.13. The van der Waals surface area contributed by atoms with E-state index in [1.54, 1.807) is 0 Å². The zero-order valence-corrected chi connectivity index (χ0v) is 9.33. The number of allylic oxidation sites excluding steroid dienone is 1. The summed E-state index contributed by atoms with van der Waals surface area (Å²) in [5.41, 5.74) is 3.67. The van der Waals surface area contributed by atoms with Gasteiger partial charge >= 0.3 is 0 Å². The molecule has 1 aromatic rings. The van der Waals surface area contributed by atoms with Crippen molar-refractivity contribution < 1.29 is 0 Å². The van der Waals surface area contributed by atoms with Crippen molar-refractivity contribution in [2.45, 2.75) is 13.8 Å². The maximum Gasteiger partial charge on any atom is 0.223 e. The Hall–Kier alpha value is -1.38. The summed E-state index contributed by atoms with van der Waals surface area (Å²) < 4.78 is 0. The Morgan fingerprint density at radius 3 is 2.64 bits per heavy atom. The highest BCUT2D eigenvalue weighted by Gasteiger charge is 2.01. The van der Waals surface area contributed by atoms with Crippen LogP contribution in [0.25, 0.3) is 0 Å². The lowest BCUT2D eigenvalue weighted by atomic mass is 10.1. The van der Waals surface area contributed by atoms with Crippen molar-refractivity contribution in [2.24, 2.45) is 0 Å². The minimum absolute atomic E-state index is 1.15. The van der Waals surface area contributed by atoms with E-state index in [2.05, 4.69) is 49.4 Å². The third-order valence-electron chi connectivity index (χ3n) is 2.24. The fourth-order valence-electron chi connectivity index (χ4n) is 1.51. The Labute approximate surface area is 87.1 Å². The summed E-state index contributed by atoms with van der Waals surface area (Å²) in [7, 11) is 3.99. The van der Waals surface area contributed by atoms with Crippen LogP contribution in [0.4, 0.5) is 11.4 Å². The molecule has 0 saturated carbocycles. The molecule has 14 heavy (non-hydrogen) atoms. The van der Waals surface area contributed by atoms with Crippen molar-refractivity contribution in [2.75, 3.05) is 17.2 Å². The number of hydrogen-bond donors (Lipinski definition) is 1. The zero-order chi connectivity index (χ0) is 10.6. The maximum atomic E-state index is 3.13. The van der Waals surface area contributed by atoms with Crippen molar-refractivity contribution in [1.82, 2.24) is 0 Å². The molecule has 0 aliphatic heterocycles. The lowest BCUT2D eigenvalue weighted by molar-refractivity contribution is 1.33. The van der Waals surface area contributed by atoms with Gasteiger partial charge in [-0.25, -0.2) is 0 Å². The van der Waals surface area contributed by atoms with E-state index in [-0.39, 0.29) is 0 Å². The van der Waals surface area contributed by atoms with Crippen LogP contribution >= 0.6 is 0 Å². The van der Waals surface area contributed by atoms with Crippen LogP contribution < -0.4 is 10.1 Å². The monoisotopic (exact) mass is 188 g/mol. The summed E-state index contributed by atoms with van der Waals surface area (Å²) in [5, 5.41) is 3.13. The molecule has 0 aliphatic carbocycles. The van der Waals surface area contributed by atoms with E-state index in [4.69, 9.17) is 0 Å². The quantitative estimate of drug-likeness (QED) is 0.729. The second-order valence-corrected chi connectivity index (χ2v) is 3.34. The van der Waals surface area contributed by atoms with Crippen molar-refractivity contribution in [3.8, 4) is 0 Å². The highest BCUT2D eigenvalue weighted by atomic mass is 15.0. The van der Waals surface area contributed by atoms with Crippen LogP contribution in [0.15, 0.2) is 30.5 Å². The van der Waals surface area contributed by atoms with Gasteiger partial charge in [-0.05, 0) is 43.8 Å². The smallest absolute Gasteiger partial charge is 0.223 e. The first-order valence-electron chi connectivity index (χ1n) is 4.83. The summed E-state index contributed by atoms with van der Waals surface area (Å²) in [6, 6.07) is 6.36. The standard InChI is InChI=1S/C11H17BN2/c1-4-7-14(12)11-6-5-10(13-3)8-9(11)2/h4-8,13H,12H2,1-3H3/b7-4-. The third-order valence-corrected chi connectivity index (χ3v) is 2.24. The highest BCUT2D eigenvalue weighted by molar-refractivity contribution is 6.19. The van der Waals surface area contributed by atoms with Gasteiger partial charge in [-0.3, -0.25) is 0 Å². The molecule has 0 radical (unpaired) electrons. The highest BCUT2D eigenvalue weighted by Crippen LogP contribution is 2.22. The van der Waals surface area contributed by atoms with E-state index in [1.807, 2.05) is 20.0 Å². The fraction of sp³-hybridized carbons (Fsp3) is 0.273. The van der Waals surface area contributed by atoms with Gasteiger partial charge in [-0.15, -0.1) is 0 Å². The minimum Gasteiger partial charge on any atom is -0.400 e. The molecule has 0 spiro atoms. The Bertz CT molecular complexity index is 334. The van der Waals surface area contributed by atoms with Gasteiger partial charge in [0.05, 0.1) is 0 Å². The van der Waals surface area contributed by atoms with Crippen molar-refractivity contribution in [1.29, 1.82) is 0 Å². The van der Waals surface area contributed by atoms with Gasteiger partial charge in [0.2, 0.25) is 7.98 Å².